The highest BCUT2D eigenvalue weighted by Crippen LogP contribution is 2.18. The molecule has 3 N–H and O–H groups in total. The number of hydrogen-bond acceptors (Lipinski definition) is 7. The van der Waals surface area contributed by atoms with Gasteiger partial charge in [-0.15, -0.1) is 0 Å². The van der Waals surface area contributed by atoms with Gasteiger partial charge in [-0.3, -0.25) is 15.5 Å². The van der Waals surface area contributed by atoms with Crippen molar-refractivity contribution in [3.8, 4) is 5.88 Å². The molecule has 130 valence electrons. The number of carbonyl (C=O) groups excluding carboxylic acids is 1. The van der Waals surface area contributed by atoms with Crippen LogP contribution in [0.1, 0.15) is 23.2 Å². The molecule has 1 atom stereocenters. The Hall–Kier alpha value is -2.91. The molecular weight excluding hydrogens is 346 g/mol. The molecule has 0 unspecified atom stereocenters. The molecule has 0 aliphatic rings. The number of ether oxygens (including phenoxy) is 1. The maximum atomic E-state index is 12.2. The summed E-state index contributed by atoms with van der Waals surface area (Å²) in [4.78, 5) is 12.1. The first kappa shape index (κ1) is 16.9. The molecule has 0 radical (unpaired) electrons. The van der Waals surface area contributed by atoms with Crippen LogP contribution in [0.5, 0.6) is 5.88 Å². The fourth-order valence-electron chi connectivity index (χ4n) is 2.14. The van der Waals surface area contributed by atoms with Crippen LogP contribution in [0.25, 0.3) is 11.0 Å². The van der Waals surface area contributed by atoms with Crippen molar-refractivity contribution in [2.75, 3.05) is 6.54 Å². The van der Waals surface area contributed by atoms with E-state index in [1.165, 1.54) is 6.07 Å². The second kappa shape index (κ2) is 7.32. The zero-order valence-electron chi connectivity index (χ0n) is 13.2. The van der Waals surface area contributed by atoms with E-state index in [-0.39, 0.29) is 40.9 Å². The molecule has 0 aliphatic heterocycles. The van der Waals surface area contributed by atoms with Gasteiger partial charge in [0.1, 0.15) is 11.7 Å². The fraction of sp³-hybridized carbons (Fsp3) is 0.188. The lowest BCUT2D eigenvalue weighted by atomic mass is 10.2. The molecule has 25 heavy (non-hydrogen) atoms. The van der Waals surface area contributed by atoms with Crippen molar-refractivity contribution in [2.45, 2.75) is 13.0 Å². The number of nitrogens with one attached hydrogen (secondary N) is 2. The molecule has 0 saturated heterocycles. The standard InChI is InChI=1S/C16H15N3O5S/c1-9(22-14-7-13(24-19-14)16(25)18-21)8-17-15(20)12-6-10-4-2-3-5-11(10)23-12/h2-7,9,21H,8H2,1H3,(H,17,20)(H,18,25)/t9-/m1/s1. The van der Waals surface area contributed by atoms with Gasteiger partial charge >= 0.3 is 0 Å². The molecule has 0 saturated carbocycles. The van der Waals surface area contributed by atoms with Crippen LogP contribution in [0.15, 0.2) is 45.3 Å². The average Bonchev–Trinajstić information content (AvgIpc) is 3.25. The molecule has 2 heterocycles. The molecule has 0 spiro atoms. The summed E-state index contributed by atoms with van der Waals surface area (Å²) < 4.78 is 15.9. The number of fused-ring (bicyclic) bond motifs is 1. The number of carbonyl (C=O) groups is 1. The van der Waals surface area contributed by atoms with Gasteiger partial charge in [0.15, 0.2) is 16.5 Å². The third-order valence-corrected chi connectivity index (χ3v) is 3.63. The summed E-state index contributed by atoms with van der Waals surface area (Å²) in [6.45, 7) is 2.00. The predicted molar refractivity (Wildman–Crippen MR) is 91.8 cm³/mol. The van der Waals surface area contributed by atoms with Crippen LogP contribution in [0.2, 0.25) is 0 Å². The van der Waals surface area contributed by atoms with Gasteiger partial charge in [0.25, 0.3) is 11.8 Å². The van der Waals surface area contributed by atoms with Gasteiger partial charge in [-0.2, -0.15) is 0 Å². The van der Waals surface area contributed by atoms with Gasteiger partial charge < -0.3 is 19.0 Å². The van der Waals surface area contributed by atoms with Crippen LogP contribution >= 0.6 is 12.2 Å². The van der Waals surface area contributed by atoms with E-state index in [1.807, 2.05) is 18.2 Å². The summed E-state index contributed by atoms with van der Waals surface area (Å²) >= 11 is 4.80. The van der Waals surface area contributed by atoms with Crippen molar-refractivity contribution in [2.24, 2.45) is 0 Å². The van der Waals surface area contributed by atoms with Crippen LogP contribution in [-0.2, 0) is 0 Å². The van der Waals surface area contributed by atoms with E-state index < -0.39 is 0 Å². The average molecular weight is 361 g/mol. The zero-order chi connectivity index (χ0) is 17.8. The maximum absolute atomic E-state index is 12.2. The third kappa shape index (κ3) is 3.95. The lowest BCUT2D eigenvalue weighted by Gasteiger charge is -2.12. The largest absolute Gasteiger partial charge is 0.471 e. The number of hydroxylamine groups is 1. The van der Waals surface area contributed by atoms with Gasteiger partial charge in [-0.05, 0) is 24.2 Å². The molecule has 3 rings (SSSR count). The quantitative estimate of drug-likeness (QED) is 0.453. The highest BCUT2D eigenvalue weighted by molar-refractivity contribution is 7.80. The summed E-state index contributed by atoms with van der Waals surface area (Å²) in [5, 5.41) is 16.0. The second-order valence-electron chi connectivity index (χ2n) is 5.26. The molecule has 0 bridgehead atoms. The third-order valence-electron chi connectivity index (χ3n) is 3.34. The van der Waals surface area contributed by atoms with Gasteiger partial charge in [0, 0.05) is 5.39 Å². The number of nitrogens with zero attached hydrogens (tertiary/aromatic N) is 1. The summed E-state index contributed by atoms with van der Waals surface area (Å²) in [6, 6.07) is 10.5. The van der Waals surface area contributed by atoms with Crippen molar-refractivity contribution in [3.05, 3.63) is 47.9 Å². The smallest absolute Gasteiger partial charge is 0.287 e. The van der Waals surface area contributed by atoms with E-state index in [4.69, 9.17) is 31.1 Å². The number of aromatic nitrogens is 1. The van der Waals surface area contributed by atoms with Crippen LogP contribution in [-0.4, -0.2) is 33.9 Å². The highest BCUT2D eigenvalue weighted by Gasteiger charge is 2.15. The summed E-state index contributed by atoms with van der Waals surface area (Å²) in [5.41, 5.74) is 2.45. The number of para-hydroxylation sites is 1. The Morgan fingerprint density at radius 3 is 2.92 bits per heavy atom. The minimum absolute atomic E-state index is 0.00630. The van der Waals surface area contributed by atoms with Crippen molar-refractivity contribution in [1.29, 1.82) is 0 Å². The molecule has 0 fully saturated rings. The van der Waals surface area contributed by atoms with Gasteiger partial charge in [-0.1, -0.05) is 30.4 Å². The minimum Gasteiger partial charge on any atom is -0.471 e. The molecule has 2 aromatic heterocycles. The van der Waals surface area contributed by atoms with E-state index in [1.54, 1.807) is 24.5 Å². The van der Waals surface area contributed by atoms with E-state index in [2.05, 4.69) is 10.5 Å². The molecule has 1 aromatic carbocycles. The van der Waals surface area contributed by atoms with E-state index in [9.17, 15) is 4.79 Å². The fourth-order valence-corrected chi connectivity index (χ4v) is 2.24. The Morgan fingerprint density at radius 1 is 1.36 bits per heavy atom. The molecule has 0 aliphatic carbocycles. The van der Waals surface area contributed by atoms with Gasteiger partial charge in [0.2, 0.25) is 0 Å². The highest BCUT2D eigenvalue weighted by atomic mass is 32.1. The van der Waals surface area contributed by atoms with Gasteiger partial charge in [0.05, 0.1) is 12.6 Å². The van der Waals surface area contributed by atoms with Crippen LogP contribution < -0.4 is 15.5 Å². The summed E-state index contributed by atoms with van der Waals surface area (Å²) in [5.74, 6) is 0.263. The number of hydrogen-bond donors (Lipinski definition) is 3. The second-order valence-corrected chi connectivity index (χ2v) is 5.67. The molecule has 8 nitrogen and oxygen atoms in total. The zero-order valence-corrected chi connectivity index (χ0v) is 14.0. The number of rotatable bonds is 6. The molecule has 3 aromatic rings. The SMILES string of the molecule is C[C@H](CNC(=O)c1cc2ccccc2o1)Oc1cc(C(=S)NO)on1. The van der Waals surface area contributed by atoms with Crippen LogP contribution in [0.3, 0.4) is 0 Å². The summed E-state index contributed by atoms with van der Waals surface area (Å²) in [6.07, 6.45) is -0.373. The van der Waals surface area contributed by atoms with Crippen molar-refractivity contribution >= 4 is 34.1 Å². The molecular formula is C16H15N3O5S. The van der Waals surface area contributed by atoms with E-state index in [0.717, 1.165) is 5.39 Å². The number of benzene rings is 1. The van der Waals surface area contributed by atoms with Crippen molar-refractivity contribution in [3.63, 3.8) is 0 Å². The van der Waals surface area contributed by atoms with Crippen molar-refractivity contribution in [1.82, 2.24) is 16.0 Å². The van der Waals surface area contributed by atoms with Gasteiger partial charge in [-0.25, -0.2) is 0 Å². The Bertz CT molecular complexity index is 871. The summed E-state index contributed by atoms with van der Waals surface area (Å²) in [7, 11) is 0. The van der Waals surface area contributed by atoms with Crippen molar-refractivity contribution < 1.29 is 23.7 Å². The maximum Gasteiger partial charge on any atom is 0.287 e. The minimum atomic E-state index is -0.373. The topological polar surface area (TPSA) is 110 Å². The monoisotopic (exact) mass is 361 g/mol. The van der Waals surface area contributed by atoms with E-state index >= 15 is 0 Å². The Morgan fingerprint density at radius 2 is 2.16 bits per heavy atom. The first-order valence-corrected chi connectivity index (χ1v) is 7.82. The van der Waals surface area contributed by atoms with Crippen LogP contribution in [0, 0.1) is 0 Å². The number of amides is 1. The lowest BCUT2D eigenvalue weighted by Crippen LogP contribution is -2.33. The first-order chi connectivity index (χ1) is 12.1. The number of thiocarbonyl (C=S) groups is 1. The normalized spacial score (nSPS) is 11.9. The predicted octanol–water partition coefficient (Wildman–Crippen LogP) is 2.27. The number of furan rings is 1. The Labute approximate surface area is 147 Å². The Balaban J connectivity index is 1.54. The van der Waals surface area contributed by atoms with E-state index in [0.29, 0.717) is 5.58 Å². The Kier molecular flexibility index (Phi) is 4.96. The first-order valence-electron chi connectivity index (χ1n) is 7.41. The van der Waals surface area contributed by atoms with Crippen LogP contribution in [0.4, 0.5) is 0 Å². The molecule has 9 heteroatoms. The lowest BCUT2D eigenvalue weighted by molar-refractivity contribution is 0.0904. The molecule has 1 amide bonds.